The highest BCUT2D eigenvalue weighted by Crippen LogP contribution is 2.34. The lowest BCUT2D eigenvalue weighted by Crippen LogP contribution is -2.35. The Morgan fingerprint density at radius 1 is 0.875 bits per heavy atom. The van der Waals surface area contributed by atoms with Crippen LogP contribution in [0.4, 0.5) is 0 Å². The van der Waals surface area contributed by atoms with E-state index in [0.717, 1.165) is 37.0 Å². The predicted molar refractivity (Wildman–Crippen MR) is 124 cm³/mol. The Hall–Kier alpha value is -3.15. The molecule has 1 aliphatic heterocycles. The molecule has 0 radical (unpaired) electrons. The fourth-order valence-electron chi connectivity index (χ4n) is 5.17. The number of carbonyl (C=O) groups is 2. The number of rotatable bonds is 4. The number of benzene rings is 1. The highest BCUT2D eigenvalue weighted by Gasteiger charge is 2.34. The molecule has 6 heteroatoms. The number of hydrogen-bond donors (Lipinski definition) is 1. The SMILES string of the molecule is O=C(NC1CCCCCC1)c1nc(C2CCCN2C(=O)c2ccccc2)n2ccccc12. The summed E-state index contributed by atoms with van der Waals surface area (Å²) in [5, 5.41) is 3.24. The number of nitrogens with one attached hydrogen (secondary N) is 1. The van der Waals surface area contributed by atoms with E-state index < -0.39 is 0 Å². The van der Waals surface area contributed by atoms with Gasteiger partial charge in [-0.05, 0) is 49.9 Å². The third kappa shape index (κ3) is 4.01. The molecule has 3 aromatic rings. The number of fused-ring (bicyclic) bond motifs is 1. The van der Waals surface area contributed by atoms with Gasteiger partial charge in [-0.3, -0.25) is 9.59 Å². The number of pyridine rings is 1. The Labute approximate surface area is 188 Å². The van der Waals surface area contributed by atoms with Gasteiger partial charge in [-0.2, -0.15) is 0 Å². The van der Waals surface area contributed by atoms with Gasteiger partial charge < -0.3 is 14.6 Å². The topological polar surface area (TPSA) is 66.7 Å². The second-order valence-corrected chi connectivity index (χ2v) is 8.96. The van der Waals surface area contributed by atoms with Crippen LogP contribution in [0.2, 0.25) is 0 Å². The van der Waals surface area contributed by atoms with Crippen LogP contribution in [0.3, 0.4) is 0 Å². The average molecular weight is 431 g/mol. The van der Waals surface area contributed by atoms with Gasteiger partial charge in [0, 0.05) is 24.3 Å². The third-order valence-corrected chi connectivity index (χ3v) is 6.81. The number of nitrogens with zero attached hydrogens (tertiary/aromatic N) is 3. The molecule has 2 amide bonds. The monoisotopic (exact) mass is 430 g/mol. The number of carbonyl (C=O) groups excluding carboxylic acids is 2. The Morgan fingerprint density at radius 2 is 1.62 bits per heavy atom. The van der Waals surface area contributed by atoms with Gasteiger partial charge in [0.25, 0.3) is 11.8 Å². The average Bonchev–Trinajstić information content (AvgIpc) is 3.37. The molecule has 1 N–H and O–H groups in total. The van der Waals surface area contributed by atoms with Gasteiger partial charge in [-0.25, -0.2) is 4.98 Å². The van der Waals surface area contributed by atoms with E-state index in [1.165, 1.54) is 25.7 Å². The van der Waals surface area contributed by atoms with Crippen molar-refractivity contribution in [3.05, 3.63) is 71.8 Å². The van der Waals surface area contributed by atoms with E-state index >= 15 is 0 Å². The van der Waals surface area contributed by atoms with Gasteiger partial charge in [0.1, 0.15) is 5.82 Å². The van der Waals surface area contributed by atoms with Crippen LogP contribution in [-0.2, 0) is 0 Å². The fourth-order valence-corrected chi connectivity index (χ4v) is 5.17. The molecule has 5 rings (SSSR count). The van der Waals surface area contributed by atoms with Crippen molar-refractivity contribution in [2.75, 3.05) is 6.54 Å². The molecule has 3 heterocycles. The fraction of sp³-hybridized carbons (Fsp3) is 0.423. The van der Waals surface area contributed by atoms with Crippen molar-refractivity contribution in [3.8, 4) is 0 Å². The van der Waals surface area contributed by atoms with E-state index in [1.54, 1.807) is 0 Å². The van der Waals surface area contributed by atoms with E-state index in [4.69, 9.17) is 4.98 Å². The summed E-state index contributed by atoms with van der Waals surface area (Å²) < 4.78 is 1.99. The van der Waals surface area contributed by atoms with Crippen molar-refractivity contribution in [2.24, 2.45) is 0 Å². The van der Waals surface area contributed by atoms with Crippen LogP contribution < -0.4 is 5.32 Å². The summed E-state index contributed by atoms with van der Waals surface area (Å²) in [5.74, 6) is 0.685. The minimum Gasteiger partial charge on any atom is -0.348 e. The number of likely N-dealkylation sites (tertiary alicyclic amines) is 1. The standard InChI is InChI=1S/C26H30N4O2/c31-25(27-20-13-6-1-2-7-14-20)23-21-15-8-9-17-29(21)24(28-23)22-16-10-18-30(22)26(32)19-11-4-3-5-12-19/h3-5,8-9,11-12,15,17,20,22H,1-2,6-7,10,13-14,16,18H2,(H,27,31). The summed E-state index contributed by atoms with van der Waals surface area (Å²) >= 11 is 0. The number of aromatic nitrogens is 2. The minimum absolute atomic E-state index is 0.0187. The molecule has 1 saturated carbocycles. The van der Waals surface area contributed by atoms with Crippen molar-refractivity contribution in [3.63, 3.8) is 0 Å². The van der Waals surface area contributed by atoms with Crippen molar-refractivity contribution in [1.29, 1.82) is 0 Å². The molecule has 0 spiro atoms. The summed E-state index contributed by atoms with van der Waals surface area (Å²) in [6, 6.07) is 15.3. The zero-order valence-electron chi connectivity index (χ0n) is 18.4. The molecule has 6 nitrogen and oxygen atoms in total. The molecule has 32 heavy (non-hydrogen) atoms. The second kappa shape index (κ2) is 9.15. The van der Waals surface area contributed by atoms with Gasteiger partial charge in [0.05, 0.1) is 11.6 Å². The number of amides is 2. The highest BCUT2D eigenvalue weighted by molar-refractivity contribution is 5.99. The van der Waals surface area contributed by atoms with Crippen molar-refractivity contribution in [1.82, 2.24) is 19.6 Å². The Kier molecular flexibility index (Phi) is 5.93. The predicted octanol–water partition coefficient (Wildman–Crippen LogP) is 4.76. The van der Waals surface area contributed by atoms with Crippen LogP contribution in [-0.4, -0.2) is 38.7 Å². The van der Waals surface area contributed by atoms with Crippen LogP contribution in [0.15, 0.2) is 54.7 Å². The molecule has 1 atom stereocenters. The van der Waals surface area contributed by atoms with Gasteiger partial charge in [0.15, 0.2) is 5.69 Å². The second-order valence-electron chi connectivity index (χ2n) is 8.96. The lowest BCUT2D eigenvalue weighted by molar-refractivity contribution is 0.0729. The molecular weight excluding hydrogens is 400 g/mol. The molecule has 1 aliphatic carbocycles. The molecular formula is C26H30N4O2. The van der Waals surface area contributed by atoms with Crippen LogP contribution in [0.1, 0.15) is 84.1 Å². The lowest BCUT2D eigenvalue weighted by atomic mass is 10.1. The maximum Gasteiger partial charge on any atom is 0.272 e. The first kappa shape index (κ1) is 20.7. The Bertz CT molecular complexity index is 1100. The molecule has 2 aliphatic rings. The first-order valence-electron chi connectivity index (χ1n) is 11.9. The normalized spacial score (nSPS) is 19.8. The maximum atomic E-state index is 13.2. The van der Waals surface area contributed by atoms with Gasteiger partial charge in [-0.1, -0.05) is 49.9 Å². The molecule has 1 aromatic carbocycles. The summed E-state index contributed by atoms with van der Waals surface area (Å²) in [6.45, 7) is 0.698. The molecule has 2 fully saturated rings. The van der Waals surface area contributed by atoms with Crippen LogP contribution in [0.25, 0.3) is 5.52 Å². The van der Waals surface area contributed by atoms with Crippen LogP contribution in [0.5, 0.6) is 0 Å². The Morgan fingerprint density at radius 3 is 2.41 bits per heavy atom. The van der Waals surface area contributed by atoms with Crippen molar-refractivity contribution < 1.29 is 9.59 Å². The van der Waals surface area contributed by atoms with Crippen molar-refractivity contribution >= 4 is 17.3 Å². The van der Waals surface area contributed by atoms with Gasteiger partial charge in [-0.15, -0.1) is 0 Å². The van der Waals surface area contributed by atoms with E-state index in [9.17, 15) is 9.59 Å². The zero-order chi connectivity index (χ0) is 21.9. The van der Waals surface area contributed by atoms with Crippen molar-refractivity contribution in [2.45, 2.75) is 63.5 Å². The molecule has 1 unspecified atom stereocenters. The Balaban J connectivity index is 1.45. The van der Waals surface area contributed by atoms with Crippen LogP contribution >= 0.6 is 0 Å². The van der Waals surface area contributed by atoms with E-state index in [0.29, 0.717) is 17.8 Å². The van der Waals surface area contributed by atoms with Gasteiger partial charge >= 0.3 is 0 Å². The van der Waals surface area contributed by atoms with Gasteiger partial charge in [0.2, 0.25) is 0 Å². The largest absolute Gasteiger partial charge is 0.348 e. The summed E-state index contributed by atoms with van der Waals surface area (Å²) in [7, 11) is 0. The van der Waals surface area contributed by atoms with E-state index in [2.05, 4.69) is 5.32 Å². The molecule has 2 aromatic heterocycles. The maximum absolute atomic E-state index is 13.2. The number of imidazole rings is 1. The quantitative estimate of drug-likeness (QED) is 0.607. The summed E-state index contributed by atoms with van der Waals surface area (Å²) in [5.41, 5.74) is 1.95. The molecule has 0 bridgehead atoms. The number of hydrogen-bond acceptors (Lipinski definition) is 3. The lowest BCUT2D eigenvalue weighted by Gasteiger charge is -2.24. The first-order valence-corrected chi connectivity index (χ1v) is 11.9. The summed E-state index contributed by atoms with van der Waals surface area (Å²) in [6.07, 6.45) is 10.6. The molecule has 1 saturated heterocycles. The summed E-state index contributed by atoms with van der Waals surface area (Å²) in [4.78, 5) is 33.2. The third-order valence-electron chi connectivity index (χ3n) is 6.81. The highest BCUT2D eigenvalue weighted by atomic mass is 16.2. The minimum atomic E-state index is -0.142. The zero-order valence-corrected chi connectivity index (χ0v) is 18.4. The molecule has 166 valence electrons. The van der Waals surface area contributed by atoms with Crippen LogP contribution in [0, 0.1) is 0 Å². The van der Waals surface area contributed by atoms with E-state index in [-0.39, 0.29) is 23.9 Å². The van der Waals surface area contributed by atoms with E-state index in [1.807, 2.05) is 64.0 Å². The smallest absolute Gasteiger partial charge is 0.272 e. The first-order chi connectivity index (χ1) is 15.7.